The molecule has 0 aliphatic heterocycles. The van der Waals surface area contributed by atoms with Gasteiger partial charge in [-0.2, -0.15) is 0 Å². The molecule has 0 unspecified atom stereocenters. The number of halogens is 1. The normalized spacial score (nSPS) is 11.1. The summed E-state index contributed by atoms with van der Waals surface area (Å²) in [5, 5.41) is 18.6. The van der Waals surface area contributed by atoms with Gasteiger partial charge < -0.3 is 14.8 Å². The number of carbonyl (C=O) groups is 2. The molecule has 7 heteroatoms. The lowest BCUT2D eigenvalue weighted by atomic mass is 10.1. The maximum atomic E-state index is 11.4. The van der Waals surface area contributed by atoms with Crippen LogP contribution in [0.15, 0.2) is 58.0 Å². The van der Waals surface area contributed by atoms with Crippen molar-refractivity contribution in [2.24, 2.45) is 4.99 Å². The van der Waals surface area contributed by atoms with Gasteiger partial charge in [0.15, 0.2) is 0 Å². The molecule has 0 spiro atoms. The van der Waals surface area contributed by atoms with E-state index in [1.54, 1.807) is 6.21 Å². The molecule has 0 atom stereocenters. The van der Waals surface area contributed by atoms with Crippen LogP contribution in [0, 0.1) is 13.8 Å². The highest BCUT2D eigenvalue weighted by molar-refractivity contribution is 9.10. The van der Waals surface area contributed by atoms with Crippen LogP contribution in [-0.2, 0) is 0 Å². The van der Waals surface area contributed by atoms with E-state index in [0.29, 0.717) is 5.69 Å². The minimum atomic E-state index is -1.18. The lowest BCUT2D eigenvalue weighted by Crippen LogP contribution is -2.07. The molecular formula is C21H17BrN2O4. The Morgan fingerprint density at radius 1 is 1.00 bits per heavy atom. The summed E-state index contributed by atoms with van der Waals surface area (Å²) in [6.07, 6.45) is 1.73. The predicted molar refractivity (Wildman–Crippen MR) is 111 cm³/mol. The Balaban J connectivity index is 2.09. The molecule has 0 fully saturated rings. The molecule has 0 saturated heterocycles. The molecule has 28 heavy (non-hydrogen) atoms. The second kappa shape index (κ2) is 7.82. The highest BCUT2D eigenvalue weighted by Gasteiger charge is 2.16. The third-order valence-corrected chi connectivity index (χ3v) is 5.01. The number of rotatable bonds is 5. The Bertz CT molecular complexity index is 1080. The lowest BCUT2D eigenvalue weighted by molar-refractivity contribution is 0.0696. The van der Waals surface area contributed by atoms with Crippen molar-refractivity contribution in [3.63, 3.8) is 0 Å². The Hall–Kier alpha value is -3.19. The number of aromatic nitrogens is 1. The molecule has 0 aliphatic carbocycles. The van der Waals surface area contributed by atoms with E-state index in [-0.39, 0.29) is 11.1 Å². The second-order valence-electron chi connectivity index (χ2n) is 6.25. The number of carboxylic acid groups (broad SMARTS) is 2. The number of aromatic carboxylic acids is 2. The highest BCUT2D eigenvalue weighted by Crippen LogP contribution is 2.26. The van der Waals surface area contributed by atoms with E-state index < -0.39 is 11.9 Å². The molecule has 0 radical (unpaired) electrons. The average molecular weight is 441 g/mol. The van der Waals surface area contributed by atoms with Crippen molar-refractivity contribution >= 4 is 39.8 Å². The van der Waals surface area contributed by atoms with Crippen LogP contribution < -0.4 is 0 Å². The van der Waals surface area contributed by atoms with Gasteiger partial charge in [-0.05, 0) is 66.2 Å². The monoisotopic (exact) mass is 440 g/mol. The Morgan fingerprint density at radius 3 is 2.18 bits per heavy atom. The van der Waals surface area contributed by atoms with Gasteiger partial charge in [0.2, 0.25) is 0 Å². The van der Waals surface area contributed by atoms with Crippen LogP contribution in [0.3, 0.4) is 0 Å². The fourth-order valence-electron chi connectivity index (χ4n) is 3.00. The number of benzene rings is 2. The maximum Gasteiger partial charge on any atom is 0.335 e. The summed E-state index contributed by atoms with van der Waals surface area (Å²) in [5.74, 6) is -2.36. The van der Waals surface area contributed by atoms with Gasteiger partial charge in [-0.15, -0.1) is 0 Å². The van der Waals surface area contributed by atoms with E-state index in [2.05, 4.69) is 20.9 Å². The van der Waals surface area contributed by atoms with E-state index in [0.717, 1.165) is 33.2 Å². The van der Waals surface area contributed by atoms with Gasteiger partial charge in [0.25, 0.3) is 0 Å². The molecule has 2 aromatic carbocycles. The van der Waals surface area contributed by atoms with Crippen LogP contribution in [0.5, 0.6) is 0 Å². The first-order valence-electron chi connectivity index (χ1n) is 8.37. The summed E-state index contributed by atoms with van der Waals surface area (Å²) >= 11 is 3.46. The third-order valence-electron chi connectivity index (χ3n) is 4.34. The summed E-state index contributed by atoms with van der Waals surface area (Å²) in [6, 6.07) is 13.6. The van der Waals surface area contributed by atoms with Crippen molar-refractivity contribution in [3.8, 4) is 5.69 Å². The summed E-state index contributed by atoms with van der Waals surface area (Å²) in [4.78, 5) is 27.3. The molecule has 1 aromatic heterocycles. The van der Waals surface area contributed by atoms with Crippen molar-refractivity contribution in [1.82, 2.24) is 4.57 Å². The SMILES string of the molecule is Cc1cc(C=Nc2ccccc2Br)c(C)n1-c1cc(C(=O)O)cc(C(=O)O)c1. The fraction of sp³-hybridized carbons (Fsp3) is 0.0952. The van der Waals surface area contributed by atoms with Gasteiger partial charge in [-0.1, -0.05) is 12.1 Å². The predicted octanol–water partition coefficient (Wildman–Crippen LogP) is 5.00. The molecule has 142 valence electrons. The molecule has 0 aliphatic rings. The van der Waals surface area contributed by atoms with E-state index in [1.165, 1.54) is 12.1 Å². The second-order valence-corrected chi connectivity index (χ2v) is 7.10. The zero-order valence-corrected chi connectivity index (χ0v) is 16.8. The standard InChI is InChI=1S/C21H17BrN2O4/c1-12-7-16(11-23-19-6-4-3-5-18(19)22)13(2)24(12)17-9-14(20(25)26)8-15(10-17)21(27)28/h3-11H,1-2H3,(H,25,26)(H,27,28). The number of hydrogen-bond acceptors (Lipinski definition) is 3. The number of hydrogen-bond donors (Lipinski definition) is 2. The van der Waals surface area contributed by atoms with E-state index in [9.17, 15) is 19.8 Å². The summed E-state index contributed by atoms with van der Waals surface area (Å²) in [7, 11) is 0. The lowest BCUT2D eigenvalue weighted by Gasteiger charge is -2.12. The number of para-hydroxylation sites is 1. The first kappa shape index (κ1) is 19.6. The number of nitrogens with zero attached hydrogens (tertiary/aromatic N) is 2. The van der Waals surface area contributed by atoms with Crippen LogP contribution >= 0.6 is 15.9 Å². The van der Waals surface area contributed by atoms with E-state index >= 15 is 0 Å². The maximum absolute atomic E-state index is 11.4. The Kier molecular flexibility index (Phi) is 5.46. The van der Waals surface area contributed by atoms with E-state index in [4.69, 9.17) is 0 Å². The minimum Gasteiger partial charge on any atom is -0.478 e. The van der Waals surface area contributed by atoms with Crippen LogP contribution in [0.25, 0.3) is 5.69 Å². The molecule has 0 saturated carbocycles. The van der Waals surface area contributed by atoms with Crippen molar-refractivity contribution < 1.29 is 19.8 Å². The molecule has 3 rings (SSSR count). The number of aryl methyl sites for hydroxylation is 1. The van der Waals surface area contributed by atoms with Crippen molar-refractivity contribution in [1.29, 1.82) is 0 Å². The van der Waals surface area contributed by atoms with Crippen molar-refractivity contribution in [2.75, 3.05) is 0 Å². The van der Waals surface area contributed by atoms with Crippen LogP contribution in [0.2, 0.25) is 0 Å². The third kappa shape index (κ3) is 3.89. The van der Waals surface area contributed by atoms with E-state index in [1.807, 2.05) is 48.7 Å². The van der Waals surface area contributed by atoms with Gasteiger partial charge in [0.05, 0.1) is 16.8 Å². The Labute approximate surface area is 169 Å². The average Bonchev–Trinajstić information content (AvgIpc) is 2.94. The smallest absolute Gasteiger partial charge is 0.335 e. The Morgan fingerprint density at radius 2 is 1.61 bits per heavy atom. The van der Waals surface area contributed by atoms with Crippen LogP contribution in [0.4, 0.5) is 5.69 Å². The first-order valence-corrected chi connectivity index (χ1v) is 9.17. The quantitative estimate of drug-likeness (QED) is 0.545. The number of carboxylic acids is 2. The molecular weight excluding hydrogens is 424 g/mol. The van der Waals surface area contributed by atoms with Gasteiger partial charge in [0.1, 0.15) is 0 Å². The van der Waals surface area contributed by atoms with Crippen molar-refractivity contribution in [2.45, 2.75) is 13.8 Å². The first-order chi connectivity index (χ1) is 13.3. The van der Waals surface area contributed by atoms with Gasteiger partial charge in [-0.3, -0.25) is 4.99 Å². The zero-order valence-electron chi connectivity index (χ0n) is 15.2. The molecule has 0 amide bonds. The van der Waals surface area contributed by atoms with Gasteiger partial charge >= 0.3 is 11.9 Å². The molecule has 6 nitrogen and oxygen atoms in total. The van der Waals surface area contributed by atoms with Crippen molar-refractivity contribution in [3.05, 3.63) is 81.1 Å². The minimum absolute atomic E-state index is 0.0779. The largest absolute Gasteiger partial charge is 0.478 e. The molecule has 0 bridgehead atoms. The summed E-state index contributed by atoms with van der Waals surface area (Å²) < 4.78 is 2.70. The fourth-order valence-corrected chi connectivity index (χ4v) is 3.39. The van der Waals surface area contributed by atoms with Crippen LogP contribution in [-0.4, -0.2) is 32.9 Å². The summed E-state index contributed by atoms with van der Waals surface area (Å²) in [6.45, 7) is 3.75. The number of aliphatic imine (C=N–C) groups is 1. The topological polar surface area (TPSA) is 91.9 Å². The zero-order chi connectivity index (χ0) is 20.4. The van der Waals surface area contributed by atoms with Gasteiger partial charge in [-0.25, -0.2) is 9.59 Å². The van der Waals surface area contributed by atoms with Crippen LogP contribution in [0.1, 0.15) is 37.7 Å². The summed E-state index contributed by atoms with van der Waals surface area (Å²) in [5.41, 5.74) is 3.63. The molecule has 3 aromatic rings. The highest BCUT2D eigenvalue weighted by atomic mass is 79.9. The molecule has 2 N–H and O–H groups in total. The molecule has 1 heterocycles. The van der Waals surface area contributed by atoms with Gasteiger partial charge in [0, 0.05) is 33.3 Å².